The summed E-state index contributed by atoms with van der Waals surface area (Å²) in [5.41, 5.74) is 1.79. The first-order valence-corrected chi connectivity index (χ1v) is 8.29. The van der Waals surface area contributed by atoms with Crippen molar-refractivity contribution >= 4 is 16.9 Å². The number of carbonyl (C=O) groups is 1. The SMILES string of the molecule is Cc1c(-c2cc3ccccc3o2)oc(=O)c(C)c1-c1cccnc1C(=O)O. The average molecular weight is 361 g/mol. The molecule has 0 atom stereocenters. The Kier molecular flexibility index (Phi) is 3.88. The molecule has 0 saturated heterocycles. The number of carboxylic acid groups (broad SMARTS) is 1. The van der Waals surface area contributed by atoms with Gasteiger partial charge in [-0.3, -0.25) is 0 Å². The van der Waals surface area contributed by atoms with Gasteiger partial charge in [0.05, 0.1) is 0 Å². The maximum atomic E-state index is 12.5. The Morgan fingerprint density at radius 3 is 2.56 bits per heavy atom. The normalized spacial score (nSPS) is 11.0. The first-order chi connectivity index (χ1) is 13.0. The van der Waals surface area contributed by atoms with Crippen LogP contribution in [0.3, 0.4) is 0 Å². The Morgan fingerprint density at radius 2 is 1.81 bits per heavy atom. The van der Waals surface area contributed by atoms with E-state index in [0.29, 0.717) is 33.6 Å². The fraction of sp³-hybridized carbons (Fsp3) is 0.0952. The Labute approximate surface area is 153 Å². The quantitative estimate of drug-likeness (QED) is 0.580. The van der Waals surface area contributed by atoms with Crippen molar-refractivity contribution in [2.24, 2.45) is 0 Å². The molecule has 0 aliphatic heterocycles. The summed E-state index contributed by atoms with van der Waals surface area (Å²) in [7, 11) is 0. The minimum atomic E-state index is -1.16. The van der Waals surface area contributed by atoms with Crippen molar-refractivity contribution < 1.29 is 18.7 Å². The summed E-state index contributed by atoms with van der Waals surface area (Å²) in [6, 6.07) is 12.5. The maximum Gasteiger partial charge on any atom is 0.355 e. The number of aromatic nitrogens is 1. The summed E-state index contributed by atoms with van der Waals surface area (Å²) in [5, 5.41) is 10.4. The van der Waals surface area contributed by atoms with E-state index in [4.69, 9.17) is 8.83 Å². The number of benzene rings is 1. The first kappa shape index (κ1) is 16.8. The van der Waals surface area contributed by atoms with Gasteiger partial charge in [0, 0.05) is 33.8 Å². The number of carboxylic acids is 1. The number of hydrogen-bond donors (Lipinski definition) is 1. The van der Waals surface area contributed by atoms with Crippen LogP contribution in [0.25, 0.3) is 33.6 Å². The highest BCUT2D eigenvalue weighted by molar-refractivity contribution is 5.95. The first-order valence-electron chi connectivity index (χ1n) is 8.29. The Hall–Kier alpha value is -3.67. The van der Waals surface area contributed by atoms with Crippen LogP contribution in [0, 0.1) is 13.8 Å². The second kappa shape index (κ2) is 6.25. The summed E-state index contributed by atoms with van der Waals surface area (Å²) in [5.74, 6) is -0.479. The monoisotopic (exact) mass is 361 g/mol. The Balaban J connectivity index is 2.03. The van der Waals surface area contributed by atoms with E-state index in [1.54, 1.807) is 32.0 Å². The molecule has 0 aliphatic carbocycles. The van der Waals surface area contributed by atoms with Crippen LogP contribution in [0.15, 0.2) is 62.3 Å². The minimum Gasteiger partial charge on any atom is -0.476 e. The van der Waals surface area contributed by atoms with Gasteiger partial charge in [0.2, 0.25) is 0 Å². The van der Waals surface area contributed by atoms with Crippen molar-refractivity contribution in [3.8, 4) is 22.6 Å². The second-order valence-corrected chi connectivity index (χ2v) is 6.20. The Morgan fingerprint density at radius 1 is 1.04 bits per heavy atom. The van der Waals surface area contributed by atoms with Gasteiger partial charge in [0.25, 0.3) is 0 Å². The number of nitrogens with zero attached hydrogens (tertiary/aromatic N) is 1. The van der Waals surface area contributed by atoms with Crippen LogP contribution in [0.2, 0.25) is 0 Å². The molecule has 134 valence electrons. The second-order valence-electron chi connectivity index (χ2n) is 6.20. The van der Waals surface area contributed by atoms with Crippen LogP contribution in [0.1, 0.15) is 21.6 Å². The highest BCUT2D eigenvalue weighted by Crippen LogP contribution is 2.36. The molecule has 0 radical (unpaired) electrons. The molecule has 0 aliphatic rings. The molecule has 1 N–H and O–H groups in total. The van der Waals surface area contributed by atoms with Crippen molar-refractivity contribution in [3.63, 3.8) is 0 Å². The molecular weight excluding hydrogens is 346 g/mol. The molecule has 0 fully saturated rings. The average Bonchev–Trinajstić information content (AvgIpc) is 3.09. The lowest BCUT2D eigenvalue weighted by Crippen LogP contribution is -2.11. The van der Waals surface area contributed by atoms with E-state index < -0.39 is 11.6 Å². The standard InChI is InChI=1S/C21H15NO5/c1-11-17(14-7-5-9-22-18(14)20(23)24)12(2)21(25)27-19(11)16-10-13-6-3-4-8-15(13)26-16/h3-10H,1-2H3,(H,23,24). The fourth-order valence-corrected chi connectivity index (χ4v) is 3.25. The van der Waals surface area contributed by atoms with E-state index in [1.165, 1.54) is 6.20 Å². The molecule has 0 bridgehead atoms. The highest BCUT2D eigenvalue weighted by Gasteiger charge is 2.23. The molecule has 27 heavy (non-hydrogen) atoms. The van der Waals surface area contributed by atoms with Gasteiger partial charge in [-0.1, -0.05) is 24.3 Å². The zero-order valence-corrected chi connectivity index (χ0v) is 14.6. The lowest BCUT2D eigenvalue weighted by molar-refractivity contribution is 0.0691. The topological polar surface area (TPSA) is 93.5 Å². The van der Waals surface area contributed by atoms with Crippen molar-refractivity contribution in [1.82, 2.24) is 4.98 Å². The van der Waals surface area contributed by atoms with Gasteiger partial charge in [-0.15, -0.1) is 0 Å². The van der Waals surface area contributed by atoms with E-state index in [-0.39, 0.29) is 11.5 Å². The number of hydrogen-bond acceptors (Lipinski definition) is 5. The van der Waals surface area contributed by atoms with Crippen LogP contribution in [0.4, 0.5) is 0 Å². The zero-order valence-electron chi connectivity index (χ0n) is 14.6. The number of rotatable bonds is 3. The summed E-state index contributed by atoms with van der Waals surface area (Å²) in [4.78, 5) is 28.0. The molecule has 1 aromatic carbocycles. The fourth-order valence-electron chi connectivity index (χ4n) is 3.25. The molecule has 4 rings (SSSR count). The van der Waals surface area contributed by atoms with Crippen molar-refractivity contribution in [2.45, 2.75) is 13.8 Å². The Bertz CT molecular complexity index is 1220. The van der Waals surface area contributed by atoms with Crippen LogP contribution >= 0.6 is 0 Å². The van der Waals surface area contributed by atoms with Crippen molar-refractivity contribution in [3.05, 3.63) is 75.9 Å². The van der Waals surface area contributed by atoms with Crippen LogP contribution in [0.5, 0.6) is 0 Å². The molecule has 6 heteroatoms. The molecule has 3 aromatic heterocycles. The van der Waals surface area contributed by atoms with Gasteiger partial charge in [-0.25, -0.2) is 14.6 Å². The lowest BCUT2D eigenvalue weighted by atomic mass is 9.95. The van der Waals surface area contributed by atoms with Gasteiger partial charge < -0.3 is 13.9 Å². The summed E-state index contributed by atoms with van der Waals surface area (Å²) in [6.45, 7) is 3.38. The van der Waals surface area contributed by atoms with Crippen LogP contribution < -0.4 is 5.63 Å². The van der Waals surface area contributed by atoms with E-state index in [9.17, 15) is 14.7 Å². The molecule has 3 heterocycles. The molecule has 0 unspecified atom stereocenters. The van der Waals surface area contributed by atoms with E-state index in [0.717, 1.165) is 5.39 Å². The van der Waals surface area contributed by atoms with Crippen molar-refractivity contribution in [2.75, 3.05) is 0 Å². The van der Waals surface area contributed by atoms with Gasteiger partial charge in [0.15, 0.2) is 17.2 Å². The van der Waals surface area contributed by atoms with E-state index in [1.807, 2.05) is 24.3 Å². The summed E-state index contributed by atoms with van der Waals surface area (Å²) < 4.78 is 11.3. The van der Waals surface area contributed by atoms with E-state index >= 15 is 0 Å². The molecule has 0 saturated carbocycles. The van der Waals surface area contributed by atoms with Crippen molar-refractivity contribution in [1.29, 1.82) is 0 Å². The predicted molar refractivity (Wildman–Crippen MR) is 99.9 cm³/mol. The van der Waals surface area contributed by atoms with Gasteiger partial charge in [0.1, 0.15) is 5.58 Å². The van der Waals surface area contributed by atoms with E-state index in [2.05, 4.69) is 4.98 Å². The largest absolute Gasteiger partial charge is 0.476 e. The zero-order chi connectivity index (χ0) is 19.1. The summed E-state index contributed by atoms with van der Waals surface area (Å²) >= 11 is 0. The lowest BCUT2D eigenvalue weighted by Gasteiger charge is -2.13. The summed E-state index contributed by atoms with van der Waals surface area (Å²) in [6.07, 6.45) is 1.41. The van der Waals surface area contributed by atoms with Gasteiger partial charge in [-0.2, -0.15) is 0 Å². The van der Waals surface area contributed by atoms with Gasteiger partial charge in [-0.05, 0) is 32.0 Å². The smallest absolute Gasteiger partial charge is 0.355 e. The number of aromatic carboxylic acids is 1. The third-order valence-corrected chi connectivity index (χ3v) is 4.52. The molecule has 4 aromatic rings. The third-order valence-electron chi connectivity index (χ3n) is 4.52. The maximum absolute atomic E-state index is 12.5. The minimum absolute atomic E-state index is 0.121. The molecular formula is C21H15NO5. The molecule has 0 spiro atoms. The third kappa shape index (κ3) is 2.71. The van der Waals surface area contributed by atoms with Gasteiger partial charge >= 0.3 is 11.6 Å². The van der Waals surface area contributed by atoms with Crippen LogP contribution in [-0.4, -0.2) is 16.1 Å². The number of para-hydroxylation sites is 1. The molecule has 0 amide bonds. The van der Waals surface area contributed by atoms with Crippen LogP contribution in [-0.2, 0) is 0 Å². The number of fused-ring (bicyclic) bond motifs is 1. The number of pyridine rings is 1. The molecule has 6 nitrogen and oxygen atoms in total. The highest BCUT2D eigenvalue weighted by atomic mass is 16.4. The predicted octanol–water partition coefficient (Wildman–Crippen LogP) is 4.43. The number of furan rings is 1.